The summed E-state index contributed by atoms with van der Waals surface area (Å²) in [6.45, 7) is 1.54. The highest BCUT2D eigenvalue weighted by molar-refractivity contribution is 5.84. The van der Waals surface area contributed by atoms with E-state index in [0.29, 0.717) is 30.2 Å². The number of hydrogen-bond donors (Lipinski definition) is 0. The first-order valence-corrected chi connectivity index (χ1v) is 7.33. The predicted molar refractivity (Wildman–Crippen MR) is 65.8 cm³/mol. The predicted octanol–water partition coefficient (Wildman–Crippen LogP) is 1.15. The molecule has 4 rings (SSSR count). The largest absolute Gasteiger partial charge is 0.336 e. The molecule has 4 heteroatoms. The summed E-state index contributed by atoms with van der Waals surface area (Å²) in [4.78, 5) is 28.5. The molecule has 3 saturated heterocycles. The molecule has 18 heavy (non-hydrogen) atoms. The first-order valence-electron chi connectivity index (χ1n) is 7.33. The Kier molecular flexibility index (Phi) is 2.10. The van der Waals surface area contributed by atoms with Gasteiger partial charge in [0, 0.05) is 25.9 Å². The molecule has 1 aliphatic carbocycles. The number of carbonyl (C=O) groups excluding carboxylic acids is 2. The van der Waals surface area contributed by atoms with E-state index in [4.69, 9.17) is 0 Å². The lowest BCUT2D eigenvalue weighted by Gasteiger charge is -2.55. The quantitative estimate of drug-likeness (QED) is 0.645. The first kappa shape index (κ1) is 10.8. The van der Waals surface area contributed by atoms with Crippen molar-refractivity contribution in [2.45, 2.75) is 56.5 Å². The van der Waals surface area contributed by atoms with Gasteiger partial charge in [-0.3, -0.25) is 9.59 Å². The van der Waals surface area contributed by atoms with Crippen LogP contribution < -0.4 is 0 Å². The molecule has 1 saturated carbocycles. The number of hydrogen-bond acceptors (Lipinski definition) is 2. The summed E-state index contributed by atoms with van der Waals surface area (Å²) >= 11 is 0. The molecule has 0 aromatic carbocycles. The zero-order chi connectivity index (χ0) is 12.3. The van der Waals surface area contributed by atoms with E-state index in [-0.39, 0.29) is 5.54 Å². The molecule has 4 aliphatic rings. The highest BCUT2D eigenvalue weighted by Crippen LogP contribution is 2.52. The fourth-order valence-corrected chi connectivity index (χ4v) is 5.13. The Morgan fingerprint density at radius 3 is 2.83 bits per heavy atom. The monoisotopic (exact) mass is 248 g/mol. The normalized spacial score (nSPS) is 42.9. The topological polar surface area (TPSA) is 40.6 Å². The minimum Gasteiger partial charge on any atom is -0.336 e. The second-order valence-corrected chi connectivity index (χ2v) is 6.33. The van der Waals surface area contributed by atoms with Crippen LogP contribution in [0.3, 0.4) is 0 Å². The molecule has 4 fully saturated rings. The average molecular weight is 248 g/mol. The molecule has 2 amide bonds. The van der Waals surface area contributed by atoms with Crippen molar-refractivity contribution in [3.05, 3.63) is 0 Å². The van der Waals surface area contributed by atoms with E-state index >= 15 is 0 Å². The molecule has 0 unspecified atom stereocenters. The maximum atomic E-state index is 12.3. The van der Waals surface area contributed by atoms with Gasteiger partial charge in [0.1, 0.15) is 0 Å². The lowest BCUT2D eigenvalue weighted by Crippen LogP contribution is -2.67. The van der Waals surface area contributed by atoms with Crippen LogP contribution in [0.4, 0.5) is 0 Å². The molecule has 0 aromatic rings. The van der Waals surface area contributed by atoms with Gasteiger partial charge in [0.2, 0.25) is 11.8 Å². The minimum absolute atomic E-state index is 0.0275. The van der Waals surface area contributed by atoms with E-state index in [9.17, 15) is 9.59 Å². The van der Waals surface area contributed by atoms with Gasteiger partial charge in [0.05, 0.1) is 11.6 Å². The molecular weight excluding hydrogens is 228 g/mol. The molecule has 4 nitrogen and oxygen atoms in total. The van der Waals surface area contributed by atoms with Gasteiger partial charge >= 0.3 is 0 Å². The molecule has 98 valence electrons. The SMILES string of the molecule is O=C1CC[C@H]2N1CCN1C(=O)C[C@@H]3CCCC[C@]321. The lowest BCUT2D eigenvalue weighted by atomic mass is 9.67. The number of carbonyl (C=O) groups is 2. The molecule has 0 bridgehead atoms. The average Bonchev–Trinajstić information content (AvgIpc) is 2.88. The van der Waals surface area contributed by atoms with Crippen LogP contribution in [0.5, 0.6) is 0 Å². The van der Waals surface area contributed by atoms with Crippen LogP contribution in [-0.2, 0) is 9.59 Å². The van der Waals surface area contributed by atoms with Gasteiger partial charge in [-0.15, -0.1) is 0 Å². The highest BCUT2D eigenvalue weighted by atomic mass is 16.2. The molecule has 3 heterocycles. The van der Waals surface area contributed by atoms with Crippen molar-refractivity contribution in [2.75, 3.05) is 13.1 Å². The number of rotatable bonds is 0. The molecular formula is C14H20N2O2. The Morgan fingerprint density at radius 1 is 1.06 bits per heavy atom. The van der Waals surface area contributed by atoms with Crippen LogP contribution in [-0.4, -0.2) is 46.3 Å². The summed E-state index contributed by atoms with van der Waals surface area (Å²) in [6, 6.07) is 0.329. The van der Waals surface area contributed by atoms with E-state index in [1.807, 2.05) is 0 Å². The summed E-state index contributed by atoms with van der Waals surface area (Å²) < 4.78 is 0. The number of fused-ring (bicyclic) bond motifs is 1. The van der Waals surface area contributed by atoms with Gasteiger partial charge in [-0.25, -0.2) is 0 Å². The fraction of sp³-hybridized carbons (Fsp3) is 0.857. The van der Waals surface area contributed by atoms with Gasteiger partial charge in [0.25, 0.3) is 0 Å². The molecule has 0 aromatic heterocycles. The van der Waals surface area contributed by atoms with Crippen LogP contribution >= 0.6 is 0 Å². The molecule has 0 N–H and O–H groups in total. The third-order valence-corrected chi connectivity index (χ3v) is 5.78. The standard InChI is InChI=1S/C14H20N2O2/c17-12-5-4-11-14-6-2-1-3-10(14)9-13(18)16(14)8-7-15(11)12/h10-11H,1-9H2/t10-,11+,14-/m0/s1. The Labute approximate surface area is 107 Å². The highest BCUT2D eigenvalue weighted by Gasteiger charge is 2.62. The second kappa shape index (κ2) is 3.49. The third kappa shape index (κ3) is 1.12. The van der Waals surface area contributed by atoms with Crippen molar-refractivity contribution in [2.24, 2.45) is 5.92 Å². The zero-order valence-electron chi connectivity index (χ0n) is 10.7. The fourth-order valence-electron chi connectivity index (χ4n) is 5.13. The van der Waals surface area contributed by atoms with E-state index < -0.39 is 0 Å². The number of nitrogens with zero attached hydrogens (tertiary/aromatic N) is 2. The summed E-state index contributed by atoms with van der Waals surface area (Å²) in [6.07, 6.45) is 7.18. The van der Waals surface area contributed by atoms with Crippen LogP contribution in [0.15, 0.2) is 0 Å². The van der Waals surface area contributed by atoms with E-state index in [0.717, 1.165) is 32.4 Å². The van der Waals surface area contributed by atoms with Crippen molar-refractivity contribution in [1.82, 2.24) is 9.80 Å². The molecule has 0 radical (unpaired) electrons. The van der Waals surface area contributed by atoms with Crippen molar-refractivity contribution in [3.63, 3.8) is 0 Å². The van der Waals surface area contributed by atoms with Gasteiger partial charge < -0.3 is 9.80 Å². The first-order chi connectivity index (χ1) is 8.73. The van der Waals surface area contributed by atoms with Crippen molar-refractivity contribution < 1.29 is 9.59 Å². The van der Waals surface area contributed by atoms with Gasteiger partial charge in [-0.1, -0.05) is 12.8 Å². The van der Waals surface area contributed by atoms with Crippen LogP contribution in [0.25, 0.3) is 0 Å². The summed E-state index contributed by atoms with van der Waals surface area (Å²) in [5, 5.41) is 0. The minimum atomic E-state index is 0.0275. The summed E-state index contributed by atoms with van der Waals surface area (Å²) in [7, 11) is 0. The molecule has 1 spiro atoms. The number of piperazine rings is 1. The van der Waals surface area contributed by atoms with Crippen LogP contribution in [0, 0.1) is 5.92 Å². The third-order valence-electron chi connectivity index (χ3n) is 5.78. The molecule has 3 aliphatic heterocycles. The molecule has 3 atom stereocenters. The number of amides is 2. The summed E-state index contributed by atoms with van der Waals surface area (Å²) in [5.41, 5.74) is 0.0275. The van der Waals surface area contributed by atoms with Crippen molar-refractivity contribution in [1.29, 1.82) is 0 Å². The summed E-state index contributed by atoms with van der Waals surface area (Å²) in [5.74, 6) is 1.18. The van der Waals surface area contributed by atoms with E-state index in [1.54, 1.807) is 0 Å². The van der Waals surface area contributed by atoms with Gasteiger partial charge in [-0.2, -0.15) is 0 Å². The smallest absolute Gasteiger partial charge is 0.223 e. The van der Waals surface area contributed by atoms with Crippen molar-refractivity contribution >= 4 is 11.8 Å². The Morgan fingerprint density at radius 2 is 1.94 bits per heavy atom. The second-order valence-electron chi connectivity index (χ2n) is 6.33. The van der Waals surface area contributed by atoms with Crippen LogP contribution in [0.1, 0.15) is 44.9 Å². The van der Waals surface area contributed by atoms with E-state index in [2.05, 4.69) is 9.80 Å². The lowest BCUT2D eigenvalue weighted by molar-refractivity contribution is -0.146. The zero-order valence-corrected chi connectivity index (χ0v) is 10.7. The maximum Gasteiger partial charge on any atom is 0.223 e. The van der Waals surface area contributed by atoms with Gasteiger partial charge in [-0.05, 0) is 25.2 Å². The van der Waals surface area contributed by atoms with Crippen LogP contribution in [0.2, 0.25) is 0 Å². The van der Waals surface area contributed by atoms with Gasteiger partial charge in [0.15, 0.2) is 0 Å². The van der Waals surface area contributed by atoms with E-state index in [1.165, 1.54) is 19.3 Å². The maximum absolute atomic E-state index is 12.3. The Bertz CT molecular complexity index is 422. The van der Waals surface area contributed by atoms with Crippen molar-refractivity contribution in [3.8, 4) is 0 Å². The Hall–Kier alpha value is -1.06. The Balaban J connectivity index is 1.79.